The van der Waals surface area contributed by atoms with Crippen LogP contribution >= 0.6 is 0 Å². The van der Waals surface area contributed by atoms with E-state index in [0.717, 1.165) is 0 Å². The molecule has 6 heteroatoms. The van der Waals surface area contributed by atoms with Crippen molar-refractivity contribution in [3.05, 3.63) is 0 Å². The molecule has 0 radical (unpaired) electrons. The lowest BCUT2D eigenvalue weighted by molar-refractivity contribution is 0.0737. The molecule has 0 saturated heterocycles. The van der Waals surface area contributed by atoms with E-state index in [9.17, 15) is 8.42 Å². The van der Waals surface area contributed by atoms with Crippen LogP contribution in [0.15, 0.2) is 0 Å². The van der Waals surface area contributed by atoms with Gasteiger partial charge in [-0.25, -0.2) is 12.7 Å². The highest BCUT2D eigenvalue weighted by molar-refractivity contribution is 7.89. The molecule has 0 aromatic heterocycles. The van der Waals surface area contributed by atoms with E-state index in [-0.39, 0.29) is 24.9 Å². The molecule has 0 spiro atoms. The van der Waals surface area contributed by atoms with Crippen molar-refractivity contribution >= 4 is 10.0 Å². The summed E-state index contributed by atoms with van der Waals surface area (Å²) in [5.74, 6) is -0.0122. The minimum absolute atomic E-state index is 0.0122. The summed E-state index contributed by atoms with van der Waals surface area (Å²) in [6.45, 7) is 4.45. The molecule has 0 atom stereocenters. The van der Waals surface area contributed by atoms with Crippen molar-refractivity contribution in [2.75, 3.05) is 32.6 Å². The van der Waals surface area contributed by atoms with Crippen LogP contribution in [0, 0.1) is 0 Å². The van der Waals surface area contributed by atoms with Gasteiger partial charge in [-0.15, -0.1) is 0 Å². The number of aliphatic hydroxyl groups is 1. The Bertz CT molecular complexity index is 251. The summed E-state index contributed by atoms with van der Waals surface area (Å²) in [6, 6.07) is 0. The molecular formula is C9H21NO4S. The highest BCUT2D eigenvalue weighted by Crippen LogP contribution is 2.00. The maximum Gasteiger partial charge on any atom is 0.214 e. The lowest BCUT2D eigenvalue weighted by atomic mass is 10.5. The van der Waals surface area contributed by atoms with E-state index in [1.165, 1.54) is 11.4 Å². The van der Waals surface area contributed by atoms with Gasteiger partial charge in [0.2, 0.25) is 10.0 Å². The number of likely N-dealkylation sites (N-methyl/N-ethyl adjacent to an activating group) is 1. The fourth-order valence-corrected chi connectivity index (χ4v) is 2.12. The molecule has 15 heavy (non-hydrogen) atoms. The highest BCUT2D eigenvalue weighted by Gasteiger charge is 2.16. The minimum Gasteiger partial charge on any atom is -0.396 e. The van der Waals surface area contributed by atoms with Gasteiger partial charge in [0.25, 0.3) is 0 Å². The van der Waals surface area contributed by atoms with Gasteiger partial charge in [-0.3, -0.25) is 0 Å². The number of rotatable bonds is 8. The third kappa shape index (κ3) is 6.83. The maximum absolute atomic E-state index is 11.5. The number of hydrogen-bond donors (Lipinski definition) is 1. The fraction of sp³-hybridized carbons (Fsp3) is 1.00. The SMILES string of the molecule is CC(C)OCCN(C)S(=O)(=O)CCCO. The fourth-order valence-electron chi connectivity index (χ4n) is 0.959. The molecule has 0 fully saturated rings. The van der Waals surface area contributed by atoms with Gasteiger partial charge < -0.3 is 9.84 Å². The average Bonchev–Trinajstić information content (AvgIpc) is 2.14. The lowest BCUT2D eigenvalue weighted by Crippen LogP contribution is -2.33. The van der Waals surface area contributed by atoms with Gasteiger partial charge in [-0.2, -0.15) is 0 Å². The van der Waals surface area contributed by atoms with Gasteiger partial charge in [0, 0.05) is 20.2 Å². The van der Waals surface area contributed by atoms with E-state index >= 15 is 0 Å². The van der Waals surface area contributed by atoms with E-state index in [1.807, 2.05) is 13.8 Å². The number of ether oxygens (including phenoxy) is 1. The van der Waals surface area contributed by atoms with Crippen molar-refractivity contribution in [3.63, 3.8) is 0 Å². The Morgan fingerprint density at radius 1 is 1.40 bits per heavy atom. The largest absolute Gasteiger partial charge is 0.396 e. The predicted octanol–water partition coefficient (Wildman–Crippen LogP) is 0.0554. The zero-order valence-corrected chi connectivity index (χ0v) is 10.5. The first-order chi connectivity index (χ1) is 6.90. The van der Waals surface area contributed by atoms with Crippen LogP contribution in [-0.4, -0.2) is 56.5 Å². The van der Waals surface area contributed by atoms with Gasteiger partial charge in [-0.05, 0) is 20.3 Å². The van der Waals surface area contributed by atoms with Crippen LogP contribution in [0.3, 0.4) is 0 Å². The van der Waals surface area contributed by atoms with Crippen molar-refractivity contribution in [1.82, 2.24) is 4.31 Å². The van der Waals surface area contributed by atoms with Gasteiger partial charge in [0.15, 0.2) is 0 Å². The Morgan fingerprint density at radius 3 is 2.47 bits per heavy atom. The molecule has 5 nitrogen and oxygen atoms in total. The molecule has 0 heterocycles. The first-order valence-electron chi connectivity index (χ1n) is 5.06. The molecule has 0 unspecified atom stereocenters. The summed E-state index contributed by atoms with van der Waals surface area (Å²) < 4.78 is 29.6. The lowest BCUT2D eigenvalue weighted by Gasteiger charge is -2.17. The monoisotopic (exact) mass is 239 g/mol. The second-order valence-corrected chi connectivity index (χ2v) is 5.83. The molecular weight excluding hydrogens is 218 g/mol. The van der Waals surface area contributed by atoms with Gasteiger partial charge in [-0.1, -0.05) is 0 Å². The summed E-state index contributed by atoms with van der Waals surface area (Å²) >= 11 is 0. The van der Waals surface area contributed by atoms with E-state index in [1.54, 1.807) is 0 Å². The Morgan fingerprint density at radius 2 is 2.00 bits per heavy atom. The van der Waals surface area contributed by atoms with Gasteiger partial charge >= 0.3 is 0 Å². The zero-order chi connectivity index (χ0) is 11.9. The van der Waals surface area contributed by atoms with E-state index < -0.39 is 10.0 Å². The van der Waals surface area contributed by atoms with Crippen LogP contribution in [0.25, 0.3) is 0 Å². The molecule has 0 aromatic rings. The predicted molar refractivity (Wildman–Crippen MR) is 59.2 cm³/mol. The summed E-state index contributed by atoms with van der Waals surface area (Å²) in [5, 5.41) is 8.55. The topological polar surface area (TPSA) is 66.8 Å². The number of hydrogen-bond acceptors (Lipinski definition) is 4. The van der Waals surface area contributed by atoms with Gasteiger partial charge in [0.1, 0.15) is 0 Å². The highest BCUT2D eigenvalue weighted by atomic mass is 32.2. The van der Waals surface area contributed by atoms with Crippen LogP contribution in [0.2, 0.25) is 0 Å². The van der Waals surface area contributed by atoms with Crippen molar-refractivity contribution in [2.45, 2.75) is 26.4 Å². The van der Waals surface area contributed by atoms with Crippen molar-refractivity contribution in [3.8, 4) is 0 Å². The molecule has 0 amide bonds. The van der Waals surface area contributed by atoms with Crippen LogP contribution in [-0.2, 0) is 14.8 Å². The number of nitrogens with zero attached hydrogens (tertiary/aromatic N) is 1. The standard InChI is InChI=1S/C9H21NO4S/c1-9(2)14-7-5-10(3)15(12,13)8-4-6-11/h9,11H,4-8H2,1-3H3. The molecule has 0 saturated carbocycles. The van der Waals surface area contributed by atoms with Gasteiger partial charge in [0.05, 0.1) is 18.5 Å². The Hall–Kier alpha value is -0.170. The second kappa shape index (κ2) is 7.16. The third-order valence-electron chi connectivity index (χ3n) is 1.89. The molecule has 0 aliphatic carbocycles. The molecule has 0 aromatic carbocycles. The molecule has 1 N–H and O–H groups in total. The molecule has 0 bridgehead atoms. The molecule has 92 valence electrons. The van der Waals surface area contributed by atoms with E-state index in [0.29, 0.717) is 13.2 Å². The van der Waals surface area contributed by atoms with E-state index in [2.05, 4.69) is 0 Å². The first kappa shape index (κ1) is 14.8. The molecule has 0 aliphatic heterocycles. The summed E-state index contributed by atoms with van der Waals surface area (Å²) in [5.41, 5.74) is 0. The third-order valence-corrected chi connectivity index (χ3v) is 3.83. The Balaban J connectivity index is 3.91. The Labute approximate surface area is 92.1 Å². The molecule has 0 aliphatic rings. The first-order valence-corrected chi connectivity index (χ1v) is 6.67. The molecule has 0 rings (SSSR count). The van der Waals surface area contributed by atoms with Crippen LogP contribution in [0.1, 0.15) is 20.3 Å². The summed E-state index contributed by atoms with van der Waals surface area (Å²) in [6.07, 6.45) is 0.385. The maximum atomic E-state index is 11.5. The van der Waals surface area contributed by atoms with Crippen LogP contribution < -0.4 is 0 Å². The Kier molecular flexibility index (Phi) is 7.08. The smallest absolute Gasteiger partial charge is 0.214 e. The van der Waals surface area contributed by atoms with E-state index in [4.69, 9.17) is 9.84 Å². The van der Waals surface area contributed by atoms with Crippen LogP contribution in [0.4, 0.5) is 0 Å². The van der Waals surface area contributed by atoms with Crippen LogP contribution in [0.5, 0.6) is 0 Å². The van der Waals surface area contributed by atoms with Crippen molar-refractivity contribution in [2.24, 2.45) is 0 Å². The average molecular weight is 239 g/mol. The summed E-state index contributed by atoms with van der Waals surface area (Å²) in [4.78, 5) is 0. The quantitative estimate of drug-likeness (QED) is 0.650. The number of aliphatic hydroxyl groups excluding tert-OH is 1. The minimum atomic E-state index is -3.23. The summed E-state index contributed by atoms with van der Waals surface area (Å²) in [7, 11) is -1.70. The number of sulfonamides is 1. The zero-order valence-electron chi connectivity index (χ0n) is 9.64. The van der Waals surface area contributed by atoms with Crippen molar-refractivity contribution < 1.29 is 18.3 Å². The second-order valence-electron chi connectivity index (χ2n) is 3.63. The normalized spacial score (nSPS) is 12.7. The van der Waals surface area contributed by atoms with Crippen molar-refractivity contribution in [1.29, 1.82) is 0 Å².